The van der Waals surface area contributed by atoms with Gasteiger partial charge in [0.1, 0.15) is 11.6 Å². The molecule has 1 amide bonds. The molecule has 0 spiro atoms. The Morgan fingerprint density at radius 2 is 1.67 bits per heavy atom. The molecule has 5 nitrogen and oxygen atoms in total. The summed E-state index contributed by atoms with van der Waals surface area (Å²) in [6, 6.07) is 25.4. The van der Waals surface area contributed by atoms with Crippen molar-refractivity contribution >= 4 is 16.9 Å². The molecule has 1 heterocycles. The van der Waals surface area contributed by atoms with Gasteiger partial charge in [0.2, 0.25) is 0 Å². The molecule has 1 atom stereocenters. The van der Waals surface area contributed by atoms with E-state index >= 15 is 0 Å². The third-order valence-corrected chi connectivity index (χ3v) is 5.02. The van der Waals surface area contributed by atoms with E-state index in [-0.39, 0.29) is 24.5 Å². The van der Waals surface area contributed by atoms with Crippen molar-refractivity contribution in [3.05, 3.63) is 84.7 Å². The van der Waals surface area contributed by atoms with Crippen molar-refractivity contribution in [2.45, 2.75) is 19.9 Å². The third-order valence-electron chi connectivity index (χ3n) is 5.02. The number of benzene rings is 3. The topological polar surface area (TPSA) is 67.0 Å². The Labute approximate surface area is 176 Å². The number of nitrogens with one attached hydrogen (secondary N) is 2. The first-order valence-corrected chi connectivity index (χ1v) is 10.1. The van der Waals surface area contributed by atoms with Crippen LogP contribution in [0, 0.1) is 5.92 Å². The smallest absolute Gasteiger partial charge is 0.258 e. The predicted octanol–water partition coefficient (Wildman–Crippen LogP) is 5.12. The van der Waals surface area contributed by atoms with E-state index in [2.05, 4.69) is 29.1 Å². The van der Waals surface area contributed by atoms with Gasteiger partial charge in [-0.1, -0.05) is 74.5 Å². The molecule has 5 heteroatoms. The molecule has 0 fully saturated rings. The highest BCUT2D eigenvalue weighted by Gasteiger charge is 2.22. The Kier molecular flexibility index (Phi) is 5.80. The fourth-order valence-corrected chi connectivity index (χ4v) is 3.48. The van der Waals surface area contributed by atoms with Crippen molar-refractivity contribution in [2.75, 3.05) is 6.61 Å². The molecule has 2 N–H and O–H groups in total. The van der Waals surface area contributed by atoms with Gasteiger partial charge in [0, 0.05) is 5.56 Å². The SMILES string of the molecule is CC(C)[C@@H](NC(=O)COc1ccccc1-c1ccccc1)c1nc2ccccc2[nH]1. The van der Waals surface area contributed by atoms with Gasteiger partial charge >= 0.3 is 0 Å². The van der Waals surface area contributed by atoms with Crippen LogP contribution < -0.4 is 10.1 Å². The Hall–Kier alpha value is -3.60. The molecule has 0 saturated carbocycles. The van der Waals surface area contributed by atoms with E-state index in [0.717, 1.165) is 28.0 Å². The summed E-state index contributed by atoms with van der Waals surface area (Å²) in [5.74, 6) is 1.43. The first-order valence-electron chi connectivity index (χ1n) is 10.1. The highest BCUT2D eigenvalue weighted by molar-refractivity contribution is 5.79. The van der Waals surface area contributed by atoms with Gasteiger partial charge in [0.25, 0.3) is 5.91 Å². The summed E-state index contributed by atoms with van der Waals surface area (Å²) in [7, 11) is 0. The first-order chi connectivity index (χ1) is 14.6. The highest BCUT2D eigenvalue weighted by atomic mass is 16.5. The summed E-state index contributed by atoms with van der Waals surface area (Å²) in [4.78, 5) is 20.7. The lowest BCUT2D eigenvalue weighted by molar-refractivity contribution is -0.124. The second-order valence-electron chi connectivity index (χ2n) is 7.58. The minimum absolute atomic E-state index is 0.0622. The number of para-hydroxylation sites is 3. The Bertz CT molecular complexity index is 1100. The van der Waals surface area contributed by atoms with Gasteiger partial charge in [-0.15, -0.1) is 0 Å². The zero-order valence-corrected chi connectivity index (χ0v) is 17.1. The van der Waals surface area contributed by atoms with E-state index in [1.807, 2.05) is 78.9 Å². The van der Waals surface area contributed by atoms with Crippen LogP contribution in [-0.2, 0) is 4.79 Å². The molecular formula is C25H25N3O2. The van der Waals surface area contributed by atoms with Crippen LogP contribution in [0.4, 0.5) is 0 Å². The van der Waals surface area contributed by atoms with Crippen LogP contribution in [0.1, 0.15) is 25.7 Å². The van der Waals surface area contributed by atoms with Gasteiger partial charge in [-0.05, 0) is 29.7 Å². The molecule has 30 heavy (non-hydrogen) atoms. The van der Waals surface area contributed by atoms with Gasteiger partial charge in [-0.25, -0.2) is 4.98 Å². The molecule has 0 aliphatic heterocycles. The monoisotopic (exact) mass is 399 g/mol. The minimum Gasteiger partial charge on any atom is -0.483 e. The Morgan fingerprint density at radius 1 is 0.967 bits per heavy atom. The zero-order chi connectivity index (χ0) is 20.9. The number of imidazole rings is 1. The number of amides is 1. The summed E-state index contributed by atoms with van der Waals surface area (Å²) in [6.45, 7) is 4.06. The lowest BCUT2D eigenvalue weighted by Gasteiger charge is -2.20. The number of aromatic amines is 1. The van der Waals surface area contributed by atoms with Crippen molar-refractivity contribution in [2.24, 2.45) is 5.92 Å². The number of fused-ring (bicyclic) bond motifs is 1. The summed E-state index contributed by atoms with van der Waals surface area (Å²) in [6.07, 6.45) is 0. The normalized spacial score (nSPS) is 12.1. The molecule has 0 aliphatic carbocycles. The maximum atomic E-state index is 12.7. The summed E-state index contributed by atoms with van der Waals surface area (Å²) in [5, 5.41) is 3.07. The second-order valence-corrected chi connectivity index (χ2v) is 7.58. The van der Waals surface area contributed by atoms with Crippen LogP contribution in [0.3, 0.4) is 0 Å². The quantitative estimate of drug-likeness (QED) is 0.453. The van der Waals surface area contributed by atoms with Crippen LogP contribution in [0.25, 0.3) is 22.2 Å². The minimum atomic E-state index is -0.224. The van der Waals surface area contributed by atoms with Crippen molar-refractivity contribution in [3.8, 4) is 16.9 Å². The molecule has 4 rings (SSSR count). The lowest BCUT2D eigenvalue weighted by Crippen LogP contribution is -2.35. The predicted molar refractivity (Wildman–Crippen MR) is 119 cm³/mol. The van der Waals surface area contributed by atoms with Gasteiger partial charge in [0.05, 0.1) is 17.1 Å². The lowest BCUT2D eigenvalue weighted by atomic mass is 10.0. The molecule has 0 aliphatic rings. The Morgan fingerprint density at radius 3 is 2.43 bits per heavy atom. The molecular weight excluding hydrogens is 374 g/mol. The van der Waals surface area contributed by atoms with E-state index in [1.54, 1.807) is 0 Å². The molecule has 0 saturated heterocycles. The van der Waals surface area contributed by atoms with Crippen LogP contribution in [0.15, 0.2) is 78.9 Å². The average Bonchev–Trinajstić information content (AvgIpc) is 3.20. The Balaban J connectivity index is 1.46. The molecule has 3 aromatic carbocycles. The van der Waals surface area contributed by atoms with Crippen molar-refractivity contribution in [1.29, 1.82) is 0 Å². The largest absolute Gasteiger partial charge is 0.483 e. The second kappa shape index (κ2) is 8.82. The fourth-order valence-electron chi connectivity index (χ4n) is 3.48. The van der Waals surface area contributed by atoms with E-state index in [0.29, 0.717) is 5.75 Å². The summed E-state index contributed by atoms with van der Waals surface area (Å²) < 4.78 is 5.89. The van der Waals surface area contributed by atoms with Crippen molar-refractivity contribution in [3.63, 3.8) is 0 Å². The standard InChI is InChI=1S/C25H25N3O2/c1-17(2)24(25-26-20-13-7-8-14-21(20)27-25)28-23(29)16-30-22-15-9-6-12-19(22)18-10-4-3-5-11-18/h3-15,17,24H,16H2,1-2H3,(H,26,27)(H,28,29)/t24-/m1/s1. The van der Waals surface area contributed by atoms with Gasteiger partial charge in [-0.3, -0.25) is 4.79 Å². The molecule has 1 aromatic heterocycles. The number of carbonyl (C=O) groups excluding carboxylic acids is 1. The van der Waals surface area contributed by atoms with Crippen LogP contribution in [0.5, 0.6) is 5.75 Å². The molecule has 152 valence electrons. The zero-order valence-electron chi connectivity index (χ0n) is 17.1. The van der Waals surface area contributed by atoms with Crippen LogP contribution in [0.2, 0.25) is 0 Å². The fraction of sp³-hybridized carbons (Fsp3) is 0.200. The summed E-state index contributed by atoms with van der Waals surface area (Å²) >= 11 is 0. The number of aromatic nitrogens is 2. The van der Waals surface area contributed by atoms with E-state index in [4.69, 9.17) is 4.74 Å². The number of hydrogen-bond acceptors (Lipinski definition) is 3. The first kappa shape index (κ1) is 19.7. The number of nitrogens with zero attached hydrogens (tertiary/aromatic N) is 1. The number of H-pyrrole nitrogens is 1. The van der Waals surface area contributed by atoms with Crippen LogP contribution >= 0.6 is 0 Å². The van der Waals surface area contributed by atoms with E-state index in [1.165, 1.54) is 0 Å². The van der Waals surface area contributed by atoms with Crippen molar-refractivity contribution < 1.29 is 9.53 Å². The number of hydrogen-bond donors (Lipinski definition) is 2. The van der Waals surface area contributed by atoms with Gasteiger partial charge in [-0.2, -0.15) is 0 Å². The third kappa shape index (κ3) is 4.35. The van der Waals surface area contributed by atoms with Gasteiger partial charge in [0.15, 0.2) is 6.61 Å². The number of rotatable bonds is 7. The highest BCUT2D eigenvalue weighted by Crippen LogP contribution is 2.29. The number of ether oxygens (including phenoxy) is 1. The summed E-state index contributed by atoms with van der Waals surface area (Å²) in [5.41, 5.74) is 3.86. The van der Waals surface area contributed by atoms with Crippen molar-refractivity contribution in [1.82, 2.24) is 15.3 Å². The van der Waals surface area contributed by atoms with Gasteiger partial charge < -0.3 is 15.0 Å². The molecule has 4 aromatic rings. The van der Waals surface area contributed by atoms with E-state index < -0.39 is 0 Å². The number of carbonyl (C=O) groups is 1. The molecule has 0 bridgehead atoms. The van der Waals surface area contributed by atoms with E-state index in [9.17, 15) is 4.79 Å². The molecule has 0 radical (unpaired) electrons. The maximum absolute atomic E-state index is 12.7. The average molecular weight is 399 g/mol. The maximum Gasteiger partial charge on any atom is 0.258 e. The molecule has 0 unspecified atom stereocenters. The van der Waals surface area contributed by atoms with Crippen LogP contribution in [-0.4, -0.2) is 22.5 Å².